The topological polar surface area (TPSA) is 18.5 Å². The molecule has 0 bridgehead atoms. The molecule has 1 atom stereocenters. The van der Waals surface area contributed by atoms with Gasteiger partial charge in [0.25, 0.3) is 0 Å². The smallest absolute Gasteiger partial charge is 0.157 e. The highest BCUT2D eigenvalue weighted by atomic mass is 16.7. The van der Waals surface area contributed by atoms with Crippen molar-refractivity contribution in [3.63, 3.8) is 0 Å². The summed E-state index contributed by atoms with van der Waals surface area (Å²) in [5.41, 5.74) is 0. The quantitative estimate of drug-likeness (QED) is 0.408. The summed E-state index contributed by atoms with van der Waals surface area (Å²) in [5.74, 6) is 0. The summed E-state index contributed by atoms with van der Waals surface area (Å²) in [6, 6.07) is 0. The molecule has 0 saturated heterocycles. The standard InChI is InChI=1S/C11H24O2/c1-4-7-8-9-10-13-11(5-2)12-6-3/h11H,4-10H2,1-3H3. The van der Waals surface area contributed by atoms with Gasteiger partial charge in [-0.25, -0.2) is 0 Å². The van der Waals surface area contributed by atoms with Crippen LogP contribution < -0.4 is 0 Å². The number of hydrogen-bond donors (Lipinski definition) is 0. The summed E-state index contributed by atoms with van der Waals surface area (Å²) in [6.07, 6.45) is 6.00. The SMILES string of the molecule is CCCCCCOC(CC)OCC. The van der Waals surface area contributed by atoms with E-state index in [2.05, 4.69) is 13.8 Å². The van der Waals surface area contributed by atoms with E-state index in [1.807, 2.05) is 6.92 Å². The van der Waals surface area contributed by atoms with Crippen molar-refractivity contribution in [2.75, 3.05) is 13.2 Å². The lowest BCUT2D eigenvalue weighted by molar-refractivity contribution is -0.140. The first-order valence-electron chi connectivity index (χ1n) is 5.58. The average molecular weight is 188 g/mol. The first-order chi connectivity index (χ1) is 6.35. The lowest BCUT2D eigenvalue weighted by Crippen LogP contribution is -2.16. The molecular weight excluding hydrogens is 164 g/mol. The molecule has 0 fully saturated rings. The van der Waals surface area contributed by atoms with Crippen molar-refractivity contribution in [2.24, 2.45) is 0 Å². The molecule has 0 aliphatic heterocycles. The number of rotatable bonds is 9. The Labute approximate surface area is 82.6 Å². The molecular formula is C11H24O2. The molecule has 0 aliphatic carbocycles. The summed E-state index contributed by atoms with van der Waals surface area (Å²) in [4.78, 5) is 0. The van der Waals surface area contributed by atoms with Crippen LogP contribution in [0.4, 0.5) is 0 Å². The van der Waals surface area contributed by atoms with Crippen LogP contribution in [0.25, 0.3) is 0 Å². The first-order valence-corrected chi connectivity index (χ1v) is 5.58. The molecule has 0 aromatic rings. The summed E-state index contributed by atoms with van der Waals surface area (Å²) in [5, 5.41) is 0. The summed E-state index contributed by atoms with van der Waals surface area (Å²) >= 11 is 0. The van der Waals surface area contributed by atoms with Crippen LogP contribution in [0.1, 0.15) is 52.9 Å². The van der Waals surface area contributed by atoms with Crippen LogP contribution in [0.2, 0.25) is 0 Å². The van der Waals surface area contributed by atoms with Crippen molar-refractivity contribution in [3.8, 4) is 0 Å². The van der Waals surface area contributed by atoms with Gasteiger partial charge in [-0.15, -0.1) is 0 Å². The second-order valence-electron chi connectivity index (χ2n) is 3.22. The van der Waals surface area contributed by atoms with Gasteiger partial charge < -0.3 is 9.47 Å². The zero-order valence-corrected chi connectivity index (χ0v) is 9.34. The van der Waals surface area contributed by atoms with Gasteiger partial charge in [0.15, 0.2) is 6.29 Å². The van der Waals surface area contributed by atoms with Crippen molar-refractivity contribution in [1.82, 2.24) is 0 Å². The highest BCUT2D eigenvalue weighted by molar-refractivity contribution is 4.42. The molecule has 80 valence electrons. The van der Waals surface area contributed by atoms with Crippen molar-refractivity contribution in [1.29, 1.82) is 0 Å². The van der Waals surface area contributed by atoms with E-state index in [0.717, 1.165) is 26.1 Å². The van der Waals surface area contributed by atoms with Gasteiger partial charge in [-0.05, 0) is 19.8 Å². The van der Waals surface area contributed by atoms with Crippen LogP contribution in [-0.2, 0) is 9.47 Å². The Morgan fingerprint density at radius 2 is 1.69 bits per heavy atom. The molecule has 0 heterocycles. The van der Waals surface area contributed by atoms with Gasteiger partial charge in [0, 0.05) is 13.2 Å². The van der Waals surface area contributed by atoms with Crippen LogP contribution in [0.5, 0.6) is 0 Å². The Hall–Kier alpha value is -0.0800. The normalized spacial score (nSPS) is 13.2. The van der Waals surface area contributed by atoms with E-state index >= 15 is 0 Å². The third kappa shape index (κ3) is 8.26. The van der Waals surface area contributed by atoms with E-state index in [1.54, 1.807) is 0 Å². The maximum absolute atomic E-state index is 5.56. The molecule has 0 saturated carbocycles. The van der Waals surface area contributed by atoms with Gasteiger partial charge in [0.05, 0.1) is 0 Å². The van der Waals surface area contributed by atoms with E-state index in [0.29, 0.717) is 0 Å². The highest BCUT2D eigenvalue weighted by Crippen LogP contribution is 2.04. The fourth-order valence-electron chi connectivity index (χ4n) is 1.21. The fourth-order valence-corrected chi connectivity index (χ4v) is 1.21. The molecule has 0 spiro atoms. The third-order valence-electron chi connectivity index (χ3n) is 1.99. The van der Waals surface area contributed by atoms with Gasteiger partial charge in [-0.2, -0.15) is 0 Å². The van der Waals surface area contributed by atoms with E-state index < -0.39 is 0 Å². The lowest BCUT2D eigenvalue weighted by Gasteiger charge is -2.15. The zero-order valence-electron chi connectivity index (χ0n) is 9.34. The minimum atomic E-state index is 0.0200. The first kappa shape index (κ1) is 12.9. The second kappa shape index (κ2) is 10.0. The van der Waals surface area contributed by atoms with Gasteiger partial charge in [-0.3, -0.25) is 0 Å². The molecule has 0 aromatic heterocycles. The minimum absolute atomic E-state index is 0.0200. The number of ether oxygens (including phenoxy) is 2. The van der Waals surface area contributed by atoms with Crippen LogP contribution in [0, 0.1) is 0 Å². The number of unbranched alkanes of at least 4 members (excludes halogenated alkanes) is 3. The summed E-state index contributed by atoms with van der Waals surface area (Å²) in [6.45, 7) is 7.90. The number of hydrogen-bond acceptors (Lipinski definition) is 2. The lowest BCUT2D eigenvalue weighted by atomic mass is 10.2. The maximum atomic E-state index is 5.56. The van der Waals surface area contributed by atoms with Gasteiger partial charge in [0.1, 0.15) is 0 Å². The van der Waals surface area contributed by atoms with Crippen molar-refractivity contribution >= 4 is 0 Å². The monoisotopic (exact) mass is 188 g/mol. The maximum Gasteiger partial charge on any atom is 0.157 e. The van der Waals surface area contributed by atoms with Crippen molar-refractivity contribution in [2.45, 2.75) is 59.2 Å². The highest BCUT2D eigenvalue weighted by Gasteiger charge is 2.03. The minimum Gasteiger partial charge on any atom is -0.353 e. The van der Waals surface area contributed by atoms with Crippen LogP contribution in [0.3, 0.4) is 0 Å². The Morgan fingerprint density at radius 1 is 0.923 bits per heavy atom. The predicted molar refractivity (Wildman–Crippen MR) is 55.8 cm³/mol. The summed E-state index contributed by atoms with van der Waals surface area (Å²) in [7, 11) is 0. The molecule has 13 heavy (non-hydrogen) atoms. The Bertz CT molecular complexity index is 94.1. The average Bonchev–Trinajstić information content (AvgIpc) is 2.16. The zero-order chi connectivity index (χ0) is 9.94. The van der Waals surface area contributed by atoms with Crippen molar-refractivity contribution < 1.29 is 9.47 Å². The largest absolute Gasteiger partial charge is 0.353 e. The second-order valence-corrected chi connectivity index (χ2v) is 3.22. The predicted octanol–water partition coefficient (Wildman–Crippen LogP) is 3.36. The molecule has 1 unspecified atom stereocenters. The van der Waals surface area contributed by atoms with Crippen LogP contribution in [0.15, 0.2) is 0 Å². The molecule has 0 N–H and O–H groups in total. The molecule has 2 nitrogen and oxygen atoms in total. The third-order valence-corrected chi connectivity index (χ3v) is 1.99. The van der Waals surface area contributed by atoms with Crippen LogP contribution >= 0.6 is 0 Å². The fraction of sp³-hybridized carbons (Fsp3) is 1.00. The van der Waals surface area contributed by atoms with Gasteiger partial charge >= 0.3 is 0 Å². The molecule has 0 amide bonds. The summed E-state index contributed by atoms with van der Waals surface area (Å²) < 4.78 is 10.9. The Kier molecular flexibility index (Phi) is 9.94. The van der Waals surface area contributed by atoms with E-state index in [4.69, 9.17) is 9.47 Å². The molecule has 0 rings (SSSR count). The van der Waals surface area contributed by atoms with Gasteiger partial charge in [-0.1, -0.05) is 33.1 Å². The molecule has 2 heteroatoms. The van der Waals surface area contributed by atoms with E-state index in [1.165, 1.54) is 19.3 Å². The Balaban J connectivity index is 3.17. The molecule has 0 radical (unpaired) electrons. The van der Waals surface area contributed by atoms with Crippen molar-refractivity contribution in [3.05, 3.63) is 0 Å². The van der Waals surface area contributed by atoms with E-state index in [-0.39, 0.29) is 6.29 Å². The molecule has 0 aliphatic rings. The Morgan fingerprint density at radius 3 is 2.23 bits per heavy atom. The van der Waals surface area contributed by atoms with Crippen LogP contribution in [-0.4, -0.2) is 19.5 Å². The van der Waals surface area contributed by atoms with E-state index in [9.17, 15) is 0 Å². The van der Waals surface area contributed by atoms with Gasteiger partial charge in [0.2, 0.25) is 0 Å². The molecule has 0 aromatic carbocycles.